The van der Waals surface area contributed by atoms with Crippen LogP contribution in [0.3, 0.4) is 0 Å². The van der Waals surface area contributed by atoms with Crippen LogP contribution >= 0.6 is 11.8 Å². The Balaban J connectivity index is 2.19. The average Bonchev–Trinajstić information content (AvgIpc) is 2.30. The molecule has 2 heterocycles. The van der Waals surface area contributed by atoms with E-state index in [0.717, 1.165) is 24.3 Å². The molecule has 0 saturated carbocycles. The van der Waals surface area contributed by atoms with Gasteiger partial charge in [0, 0.05) is 30.3 Å². The number of sulfonamides is 1. The van der Waals surface area contributed by atoms with Crippen LogP contribution in [0.15, 0.2) is 28.2 Å². The molecule has 1 aromatic rings. The molecule has 7 heteroatoms. The molecule has 0 aromatic carbocycles. The Morgan fingerprint density at radius 2 is 2.29 bits per heavy atom. The van der Waals surface area contributed by atoms with Crippen LogP contribution in [0.5, 0.6) is 0 Å². The largest absolute Gasteiger partial charge is 0.366 e. The summed E-state index contributed by atoms with van der Waals surface area (Å²) >= 11 is 1.73. The molecule has 1 aromatic heterocycles. The number of hydrogen-bond donors (Lipinski definition) is 2. The summed E-state index contributed by atoms with van der Waals surface area (Å²) in [5, 5.41) is 0. The van der Waals surface area contributed by atoms with Gasteiger partial charge in [0.1, 0.15) is 4.90 Å². The third-order valence-electron chi connectivity index (χ3n) is 2.56. The third kappa shape index (κ3) is 3.11. The Bertz CT molecular complexity index is 532. The molecule has 1 aliphatic heterocycles. The maximum Gasteiger partial charge on any atom is 0.246 e. The summed E-state index contributed by atoms with van der Waals surface area (Å²) in [4.78, 5) is 13.9. The summed E-state index contributed by atoms with van der Waals surface area (Å²) in [5.41, 5.74) is -0.486. The molecular formula is C10H14N2O3S2. The van der Waals surface area contributed by atoms with Gasteiger partial charge in [-0.3, -0.25) is 4.79 Å². The van der Waals surface area contributed by atoms with Crippen molar-refractivity contribution in [2.24, 2.45) is 0 Å². The second-order valence-electron chi connectivity index (χ2n) is 3.91. The molecule has 17 heavy (non-hydrogen) atoms. The second kappa shape index (κ2) is 5.24. The van der Waals surface area contributed by atoms with Gasteiger partial charge in [0.2, 0.25) is 15.5 Å². The van der Waals surface area contributed by atoms with Crippen LogP contribution in [0.1, 0.15) is 12.8 Å². The van der Waals surface area contributed by atoms with E-state index in [2.05, 4.69) is 9.71 Å². The van der Waals surface area contributed by atoms with E-state index in [9.17, 15) is 13.2 Å². The van der Waals surface area contributed by atoms with Crippen LogP contribution in [0.4, 0.5) is 0 Å². The molecule has 1 saturated heterocycles. The van der Waals surface area contributed by atoms with Crippen LogP contribution in [-0.2, 0) is 10.0 Å². The quantitative estimate of drug-likeness (QED) is 0.843. The minimum atomic E-state index is -3.70. The third-order valence-corrected chi connectivity index (χ3v) is 5.32. The lowest BCUT2D eigenvalue weighted by Crippen LogP contribution is -2.39. The number of pyridine rings is 1. The molecule has 1 unspecified atom stereocenters. The Morgan fingerprint density at radius 1 is 1.47 bits per heavy atom. The van der Waals surface area contributed by atoms with Gasteiger partial charge in [-0.25, -0.2) is 13.1 Å². The number of aromatic amines is 1. The Kier molecular flexibility index (Phi) is 3.90. The summed E-state index contributed by atoms with van der Waals surface area (Å²) in [5.74, 6) is 1.84. The number of nitrogens with one attached hydrogen (secondary N) is 2. The molecule has 2 N–H and O–H groups in total. The topological polar surface area (TPSA) is 79.0 Å². The zero-order valence-corrected chi connectivity index (χ0v) is 10.8. The van der Waals surface area contributed by atoms with Gasteiger partial charge < -0.3 is 4.98 Å². The van der Waals surface area contributed by atoms with E-state index < -0.39 is 15.5 Å². The van der Waals surface area contributed by atoms with E-state index in [1.807, 2.05) is 0 Å². The van der Waals surface area contributed by atoms with Gasteiger partial charge in [-0.1, -0.05) is 0 Å². The van der Waals surface area contributed by atoms with Gasteiger partial charge >= 0.3 is 0 Å². The lowest BCUT2D eigenvalue weighted by Gasteiger charge is -2.21. The van der Waals surface area contributed by atoms with Gasteiger partial charge in [0.15, 0.2) is 0 Å². The van der Waals surface area contributed by atoms with Crippen molar-refractivity contribution in [3.05, 3.63) is 28.7 Å². The normalized spacial score (nSPS) is 21.3. The molecule has 2 rings (SSSR count). The molecule has 1 atom stereocenters. The summed E-state index contributed by atoms with van der Waals surface area (Å²) in [6.45, 7) is 0. The summed E-state index contributed by atoms with van der Waals surface area (Å²) in [6.07, 6.45) is 4.47. The first-order valence-corrected chi connectivity index (χ1v) is 8.00. The summed E-state index contributed by atoms with van der Waals surface area (Å²) < 4.78 is 26.5. The van der Waals surface area contributed by atoms with Crippen LogP contribution in [0.25, 0.3) is 0 Å². The molecular weight excluding hydrogens is 260 g/mol. The molecule has 1 aliphatic rings. The number of rotatable bonds is 3. The van der Waals surface area contributed by atoms with E-state index in [-0.39, 0.29) is 10.9 Å². The van der Waals surface area contributed by atoms with Crippen molar-refractivity contribution in [2.75, 3.05) is 11.5 Å². The van der Waals surface area contributed by atoms with E-state index in [4.69, 9.17) is 0 Å². The first kappa shape index (κ1) is 12.7. The first-order valence-electron chi connectivity index (χ1n) is 5.37. The predicted octanol–water partition coefficient (Wildman–Crippen LogP) is 0.549. The van der Waals surface area contributed by atoms with Crippen LogP contribution < -0.4 is 10.2 Å². The van der Waals surface area contributed by atoms with E-state index >= 15 is 0 Å². The maximum absolute atomic E-state index is 12.0. The minimum Gasteiger partial charge on any atom is -0.366 e. The highest BCUT2D eigenvalue weighted by atomic mass is 32.2. The standard InChI is InChI=1S/C10H14N2O3S2/c13-9-3-4-11-6-10(9)17(14,15)12-8-2-1-5-16-7-8/h3-4,6,8,12H,1-2,5,7H2,(H,11,13). The number of hydrogen-bond acceptors (Lipinski definition) is 4. The van der Waals surface area contributed by atoms with Crippen molar-refractivity contribution >= 4 is 21.8 Å². The lowest BCUT2D eigenvalue weighted by molar-refractivity contribution is 0.542. The molecule has 0 radical (unpaired) electrons. The van der Waals surface area contributed by atoms with Crippen molar-refractivity contribution < 1.29 is 8.42 Å². The monoisotopic (exact) mass is 274 g/mol. The minimum absolute atomic E-state index is 0.0710. The fraction of sp³-hybridized carbons (Fsp3) is 0.500. The SMILES string of the molecule is O=c1cc[nH]cc1S(=O)(=O)NC1CCCSC1. The lowest BCUT2D eigenvalue weighted by atomic mass is 10.2. The fourth-order valence-corrected chi connectivity index (χ4v) is 4.23. The van der Waals surface area contributed by atoms with Gasteiger partial charge in [0.05, 0.1) is 0 Å². The van der Waals surface area contributed by atoms with Crippen molar-refractivity contribution in [2.45, 2.75) is 23.8 Å². The van der Waals surface area contributed by atoms with E-state index in [0.29, 0.717) is 0 Å². The summed E-state index contributed by atoms with van der Waals surface area (Å²) in [7, 11) is -3.70. The molecule has 0 spiro atoms. The van der Waals surface area contributed by atoms with Crippen LogP contribution in [0, 0.1) is 0 Å². The Hall–Kier alpha value is -0.790. The molecule has 5 nitrogen and oxygen atoms in total. The maximum atomic E-state index is 12.0. The van der Waals surface area contributed by atoms with Crippen LogP contribution in [-0.4, -0.2) is 30.9 Å². The number of H-pyrrole nitrogens is 1. The smallest absolute Gasteiger partial charge is 0.246 e. The summed E-state index contributed by atoms with van der Waals surface area (Å²) in [6, 6.07) is 1.14. The average molecular weight is 274 g/mol. The van der Waals surface area contributed by atoms with E-state index in [1.165, 1.54) is 18.5 Å². The molecule has 0 aliphatic carbocycles. The van der Waals surface area contributed by atoms with Crippen molar-refractivity contribution in [3.63, 3.8) is 0 Å². The molecule has 1 fully saturated rings. The Morgan fingerprint density at radius 3 is 2.94 bits per heavy atom. The van der Waals surface area contributed by atoms with Gasteiger partial charge in [0.25, 0.3) is 0 Å². The van der Waals surface area contributed by atoms with Gasteiger partial charge in [-0.05, 0) is 18.6 Å². The molecule has 0 bridgehead atoms. The second-order valence-corrected chi connectivity index (χ2v) is 6.74. The van der Waals surface area contributed by atoms with Crippen molar-refractivity contribution in [1.29, 1.82) is 0 Å². The fourth-order valence-electron chi connectivity index (χ4n) is 1.73. The number of aromatic nitrogens is 1. The van der Waals surface area contributed by atoms with E-state index in [1.54, 1.807) is 11.8 Å². The first-order chi connectivity index (χ1) is 8.09. The molecule has 0 amide bonds. The highest BCUT2D eigenvalue weighted by molar-refractivity contribution is 7.99. The Labute approximate surface area is 104 Å². The highest BCUT2D eigenvalue weighted by Gasteiger charge is 2.23. The van der Waals surface area contributed by atoms with Crippen molar-refractivity contribution in [3.8, 4) is 0 Å². The zero-order valence-electron chi connectivity index (χ0n) is 9.18. The molecule has 94 valence electrons. The van der Waals surface area contributed by atoms with Gasteiger partial charge in [-0.2, -0.15) is 11.8 Å². The number of thioether (sulfide) groups is 1. The zero-order chi connectivity index (χ0) is 12.3. The highest BCUT2D eigenvalue weighted by Crippen LogP contribution is 2.18. The van der Waals surface area contributed by atoms with Gasteiger partial charge in [-0.15, -0.1) is 0 Å². The predicted molar refractivity (Wildman–Crippen MR) is 67.7 cm³/mol. The van der Waals surface area contributed by atoms with Crippen molar-refractivity contribution in [1.82, 2.24) is 9.71 Å². The van der Waals surface area contributed by atoms with Crippen LogP contribution in [0.2, 0.25) is 0 Å².